The normalized spacial score (nSPS) is 10.4. The van der Waals surface area contributed by atoms with Crippen LogP contribution >= 0.6 is 0 Å². The average Bonchev–Trinajstić information content (AvgIpc) is 2.28. The van der Waals surface area contributed by atoms with Crippen LogP contribution in [0.25, 0.3) is 0 Å². The standard InChI is InChI=1S/C9H12.C6H10/c1-3-9-7-5-4-6-8(9)2;1-3-5-6-4-2/h4-7H,3H2,1-2H3;3-6H,1-2H3/b;5-3-,6-4-. The molecule has 0 unspecified atom stereocenters. The van der Waals surface area contributed by atoms with Crippen molar-refractivity contribution in [1.82, 2.24) is 0 Å². The van der Waals surface area contributed by atoms with Crippen LogP contribution < -0.4 is 0 Å². The van der Waals surface area contributed by atoms with Crippen LogP contribution in [0.2, 0.25) is 0 Å². The van der Waals surface area contributed by atoms with Crippen molar-refractivity contribution in [3.05, 3.63) is 59.7 Å². The third-order valence-corrected chi connectivity index (χ3v) is 2.14. The lowest BCUT2D eigenvalue weighted by Crippen LogP contribution is -1.82. The minimum Gasteiger partial charge on any atom is -0.0877 e. The van der Waals surface area contributed by atoms with Crippen molar-refractivity contribution in [2.24, 2.45) is 0 Å². The van der Waals surface area contributed by atoms with E-state index >= 15 is 0 Å². The minimum atomic E-state index is 1.15. The van der Waals surface area contributed by atoms with E-state index < -0.39 is 0 Å². The van der Waals surface area contributed by atoms with Gasteiger partial charge in [0.25, 0.3) is 0 Å². The fraction of sp³-hybridized carbons (Fsp3) is 0.333. The number of aryl methyl sites for hydroxylation is 2. The molecule has 0 N–H and O–H groups in total. The summed E-state index contributed by atoms with van der Waals surface area (Å²) in [4.78, 5) is 0. The van der Waals surface area contributed by atoms with E-state index in [9.17, 15) is 0 Å². The maximum absolute atomic E-state index is 2.18. The molecule has 0 aromatic heterocycles. The van der Waals surface area contributed by atoms with Gasteiger partial charge in [-0.2, -0.15) is 0 Å². The van der Waals surface area contributed by atoms with Crippen molar-refractivity contribution in [1.29, 1.82) is 0 Å². The largest absolute Gasteiger partial charge is 0.0877 e. The molecular formula is C15H22. The van der Waals surface area contributed by atoms with E-state index in [1.165, 1.54) is 11.1 Å². The molecular weight excluding hydrogens is 180 g/mol. The molecule has 0 saturated heterocycles. The highest BCUT2D eigenvalue weighted by Gasteiger charge is 1.89. The summed E-state index contributed by atoms with van der Waals surface area (Å²) in [7, 11) is 0. The summed E-state index contributed by atoms with van der Waals surface area (Å²) < 4.78 is 0. The Morgan fingerprint density at radius 3 is 1.87 bits per heavy atom. The lowest BCUT2D eigenvalue weighted by atomic mass is 10.1. The molecule has 0 saturated carbocycles. The first-order valence-corrected chi connectivity index (χ1v) is 5.54. The molecule has 15 heavy (non-hydrogen) atoms. The molecule has 0 aliphatic heterocycles. The zero-order chi connectivity index (χ0) is 11.5. The number of benzene rings is 1. The van der Waals surface area contributed by atoms with Crippen LogP contribution in [-0.4, -0.2) is 0 Å². The predicted molar refractivity (Wildman–Crippen MR) is 70.2 cm³/mol. The van der Waals surface area contributed by atoms with Crippen molar-refractivity contribution in [2.45, 2.75) is 34.1 Å². The summed E-state index contributed by atoms with van der Waals surface area (Å²) in [6.07, 6.45) is 9.15. The van der Waals surface area contributed by atoms with Gasteiger partial charge in [0.15, 0.2) is 0 Å². The molecule has 0 aliphatic rings. The number of hydrogen-bond donors (Lipinski definition) is 0. The highest BCUT2D eigenvalue weighted by Crippen LogP contribution is 2.06. The van der Waals surface area contributed by atoms with E-state index in [4.69, 9.17) is 0 Å². The highest BCUT2D eigenvalue weighted by atomic mass is 13.9. The fourth-order valence-corrected chi connectivity index (χ4v) is 1.23. The molecule has 0 radical (unpaired) electrons. The van der Waals surface area contributed by atoms with Crippen LogP contribution in [0.15, 0.2) is 48.6 Å². The molecule has 0 spiro atoms. The Morgan fingerprint density at radius 1 is 1.00 bits per heavy atom. The Bertz CT molecular complexity index is 296. The van der Waals surface area contributed by atoms with Gasteiger partial charge in [0.05, 0.1) is 0 Å². The number of hydrogen-bond acceptors (Lipinski definition) is 0. The van der Waals surface area contributed by atoms with Crippen molar-refractivity contribution in [3.8, 4) is 0 Å². The lowest BCUT2D eigenvalue weighted by Gasteiger charge is -1.98. The highest BCUT2D eigenvalue weighted by molar-refractivity contribution is 5.24. The molecule has 0 atom stereocenters. The fourth-order valence-electron chi connectivity index (χ4n) is 1.23. The summed E-state index contributed by atoms with van der Waals surface area (Å²) in [6, 6.07) is 8.49. The van der Waals surface area contributed by atoms with E-state index in [1.54, 1.807) is 0 Å². The molecule has 0 fully saturated rings. The molecule has 0 aliphatic carbocycles. The third kappa shape index (κ3) is 6.73. The van der Waals surface area contributed by atoms with Gasteiger partial charge in [0.1, 0.15) is 0 Å². The Hall–Kier alpha value is -1.30. The molecule has 0 heterocycles. The van der Waals surface area contributed by atoms with Crippen LogP contribution in [0.3, 0.4) is 0 Å². The summed E-state index contributed by atoms with van der Waals surface area (Å²) in [5, 5.41) is 0. The van der Waals surface area contributed by atoms with Crippen LogP contribution in [0, 0.1) is 6.92 Å². The van der Waals surface area contributed by atoms with Crippen molar-refractivity contribution >= 4 is 0 Å². The maximum Gasteiger partial charge on any atom is -0.0305 e. The van der Waals surface area contributed by atoms with E-state index in [1.807, 2.05) is 38.2 Å². The second kappa shape index (κ2) is 9.26. The zero-order valence-electron chi connectivity index (χ0n) is 10.3. The van der Waals surface area contributed by atoms with Crippen LogP contribution in [0.5, 0.6) is 0 Å². The van der Waals surface area contributed by atoms with E-state index in [-0.39, 0.29) is 0 Å². The number of rotatable bonds is 2. The molecule has 1 aromatic rings. The van der Waals surface area contributed by atoms with Crippen LogP contribution in [-0.2, 0) is 6.42 Å². The van der Waals surface area contributed by atoms with Crippen molar-refractivity contribution in [3.63, 3.8) is 0 Å². The van der Waals surface area contributed by atoms with E-state index in [0.29, 0.717) is 0 Å². The summed E-state index contributed by atoms with van der Waals surface area (Å²) in [6.45, 7) is 8.33. The Balaban J connectivity index is 0.000000288. The first kappa shape index (κ1) is 13.7. The topological polar surface area (TPSA) is 0 Å². The monoisotopic (exact) mass is 202 g/mol. The van der Waals surface area contributed by atoms with Gasteiger partial charge in [-0.15, -0.1) is 0 Å². The second-order valence-electron chi connectivity index (χ2n) is 3.33. The Morgan fingerprint density at radius 2 is 1.53 bits per heavy atom. The molecule has 0 amide bonds. The Kier molecular flexibility index (Phi) is 8.46. The van der Waals surface area contributed by atoms with Crippen molar-refractivity contribution in [2.75, 3.05) is 0 Å². The van der Waals surface area contributed by atoms with Gasteiger partial charge in [-0.05, 0) is 38.3 Å². The summed E-state index contributed by atoms with van der Waals surface area (Å²) >= 11 is 0. The summed E-state index contributed by atoms with van der Waals surface area (Å²) in [5.41, 5.74) is 2.86. The van der Waals surface area contributed by atoms with Crippen LogP contribution in [0.4, 0.5) is 0 Å². The SMILES string of the molecule is C/C=C\C=C/C.CCc1ccccc1C. The summed E-state index contributed by atoms with van der Waals surface area (Å²) in [5.74, 6) is 0. The second-order valence-corrected chi connectivity index (χ2v) is 3.33. The lowest BCUT2D eigenvalue weighted by molar-refractivity contribution is 1.11. The van der Waals surface area contributed by atoms with Gasteiger partial charge in [0.2, 0.25) is 0 Å². The first-order valence-electron chi connectivity index (χ1n) is 5.54. The van der Waals surface area contributed by atoms with E-state index in [2.05, 4.69) is 38.1 Å². The van der Waals surface area contributed by atoms with Crippen molar-refractivity contribution < 1.29 is 0 Å². The smallest absolute Gasteiger partial charge is 0.0305 e. The van der Waals surface area contributed by atoms with Gasteiger partial charge < -0.3 is 0 Å². The average molecular weight is 202 g/mol. The van der Waals surface area contributed by atoms with Gasteiger partial charge in [0, 0.05) is 0 Å². The minimum absolute atomic E-state index is 1.15. The Labute approximate surface area is 94.3 Å². The molecule has 1 aromatic carbocycles. The molecule has 0 nitrogen and oxygen atoms in total. The molecule has 0 bridgehead atoms. The quantitative estimate of drug-likeness (QED) is 0.610. The van der Waals surface area contributed by atoms with E-state index in [0.717, 1.165) is 6.42 Å². The number of allylic oxidation sites excluding steroid dienone is 4. The zero-order valence-corrected chi connectivity index (χ0v) is 10.3. The predicted octanol–water partition coefficient (Wildman–Crippen LogP) is 4.70. The van der Waals surface area contributed by atoms with Gasteiger partial charge >= 0.3 is 0 Å². The first-order chi connectivity index (χ1) is 7.26. The molecule has 0 heteroatoms. The van der Waals surface area contributed by atoms with Gasteiger partial charge in [-0.3, -0.25) is 0 Å². The molecule has 82 valence electrons. The van der Waals surface area contributed by atoms with Gasteiger partial charge in [-0.1, -0.05) is 55.5 Å². The van der Waals surface area contributed by atoms with Crippen LogP contribution in [0.1, 0.15) is 31.9 Å². The van der Waals surface area contributed by atoms with Gasteiger partial charge in [-0.25, -0.2) is 0 Å². The third-order valence-electron chi connectivity index (χ3n) is 2.14. The molecule has 1 rings (SSSR count). The maximum atomic E-state index is 2.18.